The van der Waals surface area contributed by atoms with Gasteiger partial charge in [-0.2, -0.15) is 0 Å². The maximum Gasteiger partial charge on any atom is 0.196 e. The number of hydrogen-bond donors (Lipinski definition) is 2. The molecular formula is C17H17O4. The van der Waals surface area contributed by atoms with Crippen molar-refractivity contribution in [3.05, 3.63) is 53.6 Å². The molecule has 0 aliphatic carbocycles. The number of hydrogen-bond acceptors (Lipinski definition) is 4. The molecule has 0 spiro atoms. The summed E-state index contributed by atoms with van der Waals surface area (Å²) in [5, 5.41) is 19.2. The van der Waals surface area contributed by atoms with Gasteiger partial charge in [-0.1, -0.05) is 13.8 Å². The van der Waals surface area contributed by atoms with Gasteiger partial charge >= 0.3 is 0 Å². The second-order valence-electron chi connectivity index (χ2n) is 5.18. The molecule has 0 saturated carbocycles. The third-order valence-electron chi connectivity index (χ3n) is 2.86. The Morgan fingerprint density at radius 2 is 2.00 bits per heavy atom. The lowest BCUT2D eigenvalue weighted by Crippen LogP contribution is -2.05. The van der Waals surface area contributed by atoms with E-state index < -0.39 is 0 Å². The first-order chi connectivity index (χ1) is 9.97. The Hall–Kier alpha value is -2.49. The van der Waals surface area contributed by atoms with Crippen LogP contribution in [0.5, 0.6) is 17.2 Å². The summed E-state index contributed by atoms with van der Waals surface area (Å²) in [6.07, 6.45) is 0. The van der Waals surface area contributed by atoms with Gasteiger partial charge in [0.15, 0.2) is 5.78 Å². The van der Waals surface area contributed by atoms with E-state index in [4.69, 9.17) is 4.74 Å². The zero-order valence-corrected chi connectivity index (χ0v) is 12.0. The van der Waals surface area contributed by atoms with Crippen LogP contribution in [0.2, 0.25) is 0 Å². The van der Waals surface area contributed by atoms with Crippen molar-refractivity contribution in [1.29, 1.82) is 0 Å². The maximum absolute atomic E-state index is 12.3. The Morgan fingerprint density at radius 1 is 1.24 bits per heavy atom. The van der Waals surface area contributed by atoms with Crippen LogP contribution in [0.25, 0.3) is 0 Å². The van der Waals surface area contributed by atoms with E-state index in [0.29, 0.717) is 23.8 Å². The molecule has 0 aromatic heterocycles. The number of benzene rings is 2. The van der Waals surface area contributed by atoms with Crippen molar-refractivity contribution in [3.8, 4) is 17.2 Å². The summed E-state index contributed by atoms with van der Waals surface area (Å²) in [7, 11) is 0. The Labute approximate surface area is 123 Å². The SMILES string of the molecule is CC(C)COc1ccc(C(=O)c2c[c]c(O)cc2)c(O)c1. The van der Waals surface area contributed by atoms with Crippen LogP contribution in [0.1, 0.15) is 29.8 Å². The summed E-state index contributed by atoms with van der Waals surface area (Å²) in [6, 6.07) is 11.4. The molecule has 0 amide bonds. The van der Waals surface area contributed by atoms with Gasteiger partial charge in [0.1, 0.15) is 17.2 Å². The minimum absolute atomic E-state index is 0.0341. The quantitative estimate of drug-likeness (QED) is 0.828. The first kappa shape index (κ1) is 14.9. The van der Waals surface area contributed by atoms with Gasteiger partial charge in [-0.25, -0.2) is 0 Å². The molecule has 0 fully saturated rings. The molecule has 2 aromatic carbocycles. The van der Waals surface area contributed by atoms with Crippen LogP contribution >= 0.6 is 0 Å². The average molecular weight is 285 g/mol. The summed E-state index contributed by atoms with van der Waals surface area (Å²) in [6.45, 7) is 4.60. The highest BCUT2D eigenvalue weighted by Crippen LogP contribution is 2.26. The molecule has 2 aromatic rings. The van der Waals surface area contributed by atoms with Crippen LogP contribution in [-0.2, 0) is 0 Å². The maximum atomic E-state index is 12.3. The molecule has 0 saturated heterocycles. The summed E-state index contributed by atoms with van der Waals surface area (Å²) in [4.78, 5) is 12.3. The van der Waals surface area contributed by atoms with Gasteiger partial charge in [0.25, 0.3) is 0 Å². The fourth-order valence-electron chi connectivity index (χ4n) is 1.77. The number of phenols is 2. The fraction of sp³-hybridized carbons (Fsp3) is 0.235. The van der Waals surface area contributed by atoms with Gasteiger partial charge in [0, 0.05) is 17.7 Å². The van der Waals surface area contributed by atoms with Crippen molar-refractivity contribution >= 4 is 5.78 Å². The minimum Gasteiger partial charge on any atom is -0.507 e. The monoisotopic (exact) mass is 285 g/mol. The van der Waals surface area contributed by atoms with Gasteiger partial charge < -0.3 is 14.9 Å². The summed E-state index contributed by atoms with van der Waals surface area (Å²) >= 11 is 0. The van der Waals surface area contributed by atoms with Crippen LogP contribution < -0.4 is 4.74 Å². The molecule has 0 bridgehead atoms. The van der Waals surface area contributed by atoms with E-state index in [0.717, 1.165) is 0 Å². The van der Waals surface area contributed by atoms with E-state index in [1.54, 1.807) is 6.07 Å². The molecule has 109 valence electrons. The number of ether oxygens (including phenoxy) is 1. The average Bonchev–Trinajstić information content (AvgIpc) is 2.45. The zero-order chi connectivity index (χ0) is 15.4. The van der Waals surface area contributed by atoms with Gasteiger partial charge in [0.05, 0.1) is 12.2 Å². The molecule has 0 aliphatic heterocycles. The molecule has 2 rings (SSSR count). The predicted octanol–water partition coefficient (Wildman–Crippen LogP) is 3.16. The fourth-order valence-corrected chi connectivity index (χ4v) is 1.77. The van der Waals surface area contributed by atoms with Crippen LogP contribution in [0.15, 0.2) is 36.4 Å². The van der Waals surface area contributed by atoms with Crippen molar-refractivity contribution in [3.63, 3.8) is 0 Å². The third-order valence-corrected chi connectivity index (χ3v) is 2.86. The molecular weight excluding hydrogens is 268 g/mol. The summed E-state index contributed by atoms with van der Waals surface area (Å²) < 4.78 is 5.49. The van der Waals surface area contributed by atoms with E-state index in [1.807, 2.05) is 13.8 Å². The van der Waals surface area contributed by atoms with Crippen LogP contribution in [0.4, 0.5) is 0 Å². The topological polar surface area (TPSA) is 66.8 Å². The number of aromatic hydroxyl groups is 2. The van der Waals surface area contributed by atoms with E-state index >= 15 is 0 Å². The molecule has 2 N–H and O–H groups in total. The van der Waals surface area contributed by atoms with Crippen LogP contribution in [-0.4, -0.2) is 22.6 Å². The molecule has 4 heteroatoms. The van der Waals surface area contributed by atoms with E-state index in [-0.39, 0.29) is 22.8 Å². The number of phenolic OH excluding ortho intramolecular Hbond substituents is 2. The second-order valence-corrected chi connectivity index (χ2v) is 5.18. The Balaban J connectivity index is 2.20. The van der Waals surface area contributed by atoms with E-state index in [9.17, 15) is 15.0 Å². The Bertz CT molecular complexity index is 630. The van der Waals surface area contributed by atoms with Crippen molar-refractivity contribution in [2.75, 3.05) is 6.61 Å². The van der Waals surface area contributed by atoms with Gasteiger partial charge in [-0.05, 0) is 36.2 Å². The van der Waals surface area contributed by atoms with Crippen LogP contribution in [0.3, 0.4) is 0 Å². The molecule has 0 atom stereocenters. The molecule has 0 heterocycles. The first-order valence-electron chi connectivity index (χ1n) is 6.68. The minimum atomic E-state index is -0.334. The highest BCUT2D eigenvalue weighted by atomic mass is 16.5. The van der Waals surface area contributed by atoms with E-state index in [1.165, 1.54) is 30.3 Å². The van der Waals surface area contributed by atoms with Crippen molar-refractivity contribution in [2.45, 2.75) is 13.8 Å². The lowest BCUT2D eigenvalue weighted by molar-refractivity contribution is 0.103. The molecule has 4 nitrogen and oxygen atoms in total. The first-order valence-corrected chi connectivity index (χ1v) is 6.68. The Kier molecular flexibility index (Phi) is 4.48. The van der Waals surface area contributed by atoms with Crippen molar-refractivity contribution in [1.82, 2.24) is 0 Å². The normalized spacial score (nSPS) is 10.6. The summed E-state index contributed by atoms with van der Waals surface area (Å²) in [5.41, 5.74) is 0.532. The number of ketones is 1. The lowest BCUT2D eigenvalue weighted by atomic mass is 10.0. The van der Waals surface area contributed by atoms with Gasteiger partial charge in [-0.15, -0.1) is 0 Å². The van der Waals surface area contributed by atoms with Gasteiger partial charge in [-0.3, -0.25) is 4.79 Å². The third kappa shape index (κ3) is 3.75. The van der Waals surface area contributed by atoms with E-state index in [2.05, 4.69) is 6.07 Å². The predicted molar refractivity (Wildman–Crippen MR) is 78.8 cm³/mol. The largest absolute Gasteiger partial charge is 0.507 e. The highest BCUT2D eigenvalue weighted by Gasteiger charge is 2.14. The second kappa shape index (κ2) is 6.31. The van der Waals surface area contributed by atoms with Crippen molar-refractivity contribution in [2.24, 2.45) is 5.92 Å². The number of rotatable bonds is 5. The molecule has 1 radical (unpaired) electrons. The Morgan fingerprint density at radius 3 is 2.57 bits per heavy atom. The molecule has 21 heavy (non-hydrogen) atoms. The smallest absolute Gasteiger partial charge is 0.196 e. The summed E-state index contributed by atoms with van der Waals surface area (Å²) in [5.74, 6) is 0.401. The van der Waals surface area contributed by atoms with Crippen LogP contribution in [0, 0.1) is 12.0 Å². The number of carbonyl (C=O) groups excluding carboxylic acids is 1. The molecule has 0 aliphatic rings. The van der Waals surface area contributed by atoms with Crippen molar-refractivity contribution < 1.29 is 19.7 Å². The molecule has 0 unspecified atom stereocenters. The lowest BCUT2D eigenvalue weighted by Gasteiger charge is -2.10. The number of carbonyl (C=O) groups is 1. The zero-order valence-electron chi connectivity index (χ0n) is 12.0. The standard InChI is InChI=1S/C17H17O4/c1-11(2)10-21-14-7-8-15(16(19)9-14)17(20)12-3-5-13(18)6-4-12/h3-5,7-9,11,18-19H,10H2,1-2H3. The van der Waals surface area contributed by atoms with Gasteiger partial charge in [0.2, 0.25) is 0 Å². The highest BCUT2D eigenvalue weighted by molar-refractivity contribution is 6.10.